The van der Waals surface area contributed by atoms with Crippen LogP contribution in [0.1, 0.15) is 52.0 Å². The van der Waals surface area contributed by atoms with E-state index in [0.29, 0.717) is 6.54 Å². The summed E-state index contributed by atoms with van der Waals surface area (Å²) in [4.78, 5) is 11.6. The largest absolute Gasteiger partial charge is 0.444 e. The summed E-state index contributed by atoms with van der Waals surface area (Å²) in [5.41, 5.74) is 0.909. The van der Waals surface area contributed by atoms with Crippen molar-refractivity contribution in [3.05, 3.63) is 60.2 Å². The van der Waals surface area contributed by atoms with Gasteiger partial charge >= 0.3 is 6.09 Å². The maximum Gasteiger partial charge on any atom is 0.407 e. The van der Waals surface area contributed by atoms with Crippen LogP contribution in [-0.4, -0.2) is 24.8 Å². The van der Waals surface area contributed by atoms with Crippen LogP contribution in [0.2, 0.25) is 0 Å². The van der Waals surface area contributed by atoms with Crippen LogP contribution in [0, 0.1) is 0 Å². The van der Waals surface area contributed by atoms with E-state index in [-0.39, 0.29) is 6.09 Å². The van der Waals surface area contributed by atoms with Crippen LogP contribution in [0.3, 0.4) is 0 Å². The van der Waals surface area contributed by atoms with E-state index in [1.54, 1.807) is 0 Å². The number of hydrogen-bond donors (Lipinski definition) is 2. The van der Waals surface area contributed by atoms with Gasteiger partial charge in [0.2, 0.25) is 0 Å². The van der Waals surface area contributed by atoms with Crippen LogP contribution in [0.25, 0.3) is 21.5 Å². The average Bonchev–Trinajstić information content (AvgIpc) is 2.70. The van der Waals surface area contributed by atoms with Crippen LogP contribution < -0.4 is 10.6 Å². The molecule has 0 fully saturated rings. The van der Waals surface area contributed by atoms with E-state index in [1.165, 1.54) is 27.1 Å². The van der Waals surface area contributed by atoms with Crippen molar-refractivity contribution in [2.75, 3.05) is 13.1 Å². The van der Waals surface area contributed by atoms with Gasteiger partial charge in [-0.05, 0) is 79.4 Å². The van der Waals surface area contributed by atoms with Gasteiger partial charge in [-0.3, -0.25) is 0 Å². The summed E-state index contributed by atoms with van der Waals surface area (Å²) in [6.07, 6.45) is 4.06. The topological polar surface area (TPSA) is 50.4 Å². The number of amides is 1. The van der Waals surface area contributed by atoms with Gasteiger partial charge in [-0.2, -0.15) is 0 Å². The summed E-state index contributed by atoms with van der Waals surface area (Å²) in [5, 5.41) is 11.6. The first-order valence-electron chi connectivity index (χ1n) is 11.0. The van der Waals surface area contributed by atoms with Gasteiger partial charge in [-0.15, -0.1) is 0 Å². The minimum absolute atomic E-state index is 0.327. The summed E-state index contributed by atoms with van der Waals surface area (Å²) in [7, 11) is 0. The van der Waals surface area contributed by atoms with Crippen LogP contribution in [0.15, 0.2) is 54.6 Å². The van der Waals surface area contributed by atoms with E-state index >= 15 is 0 Å². The average molecular weight is 407 g/mol. The van der Waals surface area contributed by atoms with Gasteiger partial charge in [0.05, 0.1) is 0 Å². The zero-order chi connectivity index (χ0) is 21.4. The zero-order valence-corrected chi connectivity index (χ0v) is 18.5. The van der Waals surface area contributed by atoms with E-state index in [1.807, 2.05) is 20.8 Å². The van der Waals surface area contributed by atoms with Crippen LogP contribution in [0.4, 0.5) is 4.79 Å². The molecule has 0 aliphatic rings. The Bertz CT molecular complexity index is 976. The summed E-state index contributed by atoms with van der Waals surface area (Å²) in [5.74, 6) is 0. The summed E-state index contributed by atoms with van der Waals surface area (Å²) >= 11 is 0. The second kappa shape index (κ2) is 10.4. The number of fused-ring (bicyclic) bond motifs is 2. The third-order valence-corrected chi connectivity index (χ3v) is 5.10. The molecule has 0 atom stereocenters. The molecule has 160 valence electrons. The monoisotopic (exact) mass is 406 g/mol. The van der Waals surface area contributed by atoms with Crippen molar-refractivity contribution in [2.45, 2.75) is 58.6 Å². The fourth-order valence-electron chi connectivity index (χ4n) is 3.64. The van der Waals surface area contributed by atoms with Crippen molar-refractivity contribution >= 4 is 27.6 Å². The lowest BCUT2D eigenvalue weighted by Crippen LogP contribution is -2.32. The fraction of sp³-hybridized carbons (Fsp3) is 0.423. The lowest BCUT2D eigenvalue weighted by molar-refractivity contribution is 0.0527. The fourth-order valence-corrected chi connectivity index (χ4v) is 3.64. The van der Waals surface area contributed by atoms with Crippen molar-refractivity contribution in [3.63, 3.8) is 0 Å². The predicted octanol–water partition coefficient (Wildman–Crippen LogP) is 6.17. The van der Waals surface area contributed by atoms with Crippen molar-refractivity contribution in [1.29, 1.82) is 0 Å². The number of rotatable bonds is 9. The molecule has 3 aromatic rings. The Morgan fingerprint density at radius 3 is 2.23 bits per heavy atom. The SMILES string of the molecule is CC(C)(C)OC(=O)NCCCCCCNCc1cccc2cc3ccccc3cc12. The third-order valence-electron chi connectivity index (χ3n) is 5.10. The molecule has 1 amide bonds. The van der Waals surface area contributed by atoms with Crippen LogP contribution in [0.5, 0.6) is 0 Å². The highest BCUT2D eigenvalue weighted by Crippen LogP contribution is 2.25. The summed E-state index contributed by atoms with van der Waals surface area (Å²) in [6.45, 7) is 8.19. The number of benzene rings is 3. The normalized spacial score (nSPS) is 11.7. The molecule has 3 rings (SSSR count). The molecule has 30 heavy (non-hydrogen) atoms. The van der Waals surface area contributed by atoms with Gasteiger partial charge < -0.3 is 15.4 Å². The summed E-state index contributed by atoms with van der Waals surface area (Å²) < 4.78 is 5.23. The van der Waals surface area contributed by atoms with Gasteiger partial charge in [0.25, 0.3) is 0 Å². The van der Waals surface area contributed by atoms with Crippen molar-refractivity contribution in [3.8, 4) is 0 Å². The Labute approximate surface area is 180 Å². The lowest BCUT2D eigenvalue weighted by atomic mass is 9.99. The highest BCUT2D eigenvalue weighted by atomic mass is 16.6. The molecule has 0 bridgehead atoms. The molecule has 0 aliphatic heterocycles. The number of carbonyl (C=O) groups excluding carboxylic acids is 1. The molecule has 0 aromatic heterocycles. The molecule has 0 spiro atoms. The maximum atomic E-state index is 11.6. The van der Waals surface area contributed by atoms with Crippen molar-refractivity contribution in [1.82, 2.24) is 10.6 Å². The van der Waals surface area contributed by atoms with E-state index < -0.39 is 5.60 Å². The Balaban J connectivity index is 1.36. The highest BCUT2D eigenvalue weighted by Gasteiger charge is 2.15. The second-order valence-electron chi connectivity index (χ2n) is 8.86. The Kier molecular flexibility index (Phi) is 7.69. The smallest absolute Gasteiger partial charge is 0.407 e. The van der Waals surface area contributed by atoms with E-state index in [0.717, 1.165) is 38.8 Å². The summed E-state index contributed by atoms with van der Waals surface area (Å²) in [6, 6.07) is 19.7. The molecule has 0 heterocycles. The third kappa shape index (κ3) is 6.74. The number of carbonyl (C=O) groups is 1. The molecule has 0 aliphatic carbocycles. The predicted molar refractivity (Wildman–Crippen MR) is 126 cm³/mol. The molecular weight excluding hydrogens is 372 g/mol. The lowest BCUT2D eigenvalue weighted by Gasteiger charge is -2.19. The molecule has 0 saturated heterocycles. The number of hydrogen-bond acceptors (Lipinski definition) is 3. The van der Waals surface area contributed by atoms with Crippen molar-refractivity contribution in [2.24, 2.45) is 0 Å². The second-order valence-corrected chi connectivity index (χ2v) is 8.86. The van der Waals surface area contributed by atoms with Gasteiger partial charge in [0, 0.05) is 13.1 Å². The molecule has 0 radical (unpaired) electrons. The van der Waals surface area contributed by atoms with E-state index in [4.69, 9.17) is 4.74 Å². The van der Waals surface area contributed by atoms with Crippen LogP contribution >= 0.6 is 0 Å². The molecule has 4 heteroatoms. The van der Waals surface area contributed by atoms with E-state index in [9.17, 15) is 4.79 Å². The first kappa shape index (κ1) is 22.1. The minimum atomic E-state index is -0.438. The first-order chi connectivity index (χ1) is 14.4. The maximum absolute atomic E-state index is 11.6. The molecule has 0 unspecified atom stereocenters. The zero-order valence-electron chi connectivity index (χ0n) is 18.5. The Morgan fingerprint density at radius 2 is 1.50 bits per heavy atom. The quantitative estimate of drug-likeness (QED) is 0.330. The number of nitrogens with one attached hydrogen (secondary N) is 2. The molecule has 4 nitrogen and oxygen atoms in total. The van der Waals surface area contributed by atoms with Crippen molar-refractivity contribution < 1.29 is 9.53 Å². The van der Waals surface area contributed by atoms with Gasteiger partial charge in [-0.25, -0.2) is 4.79 Å². The van der Waals surface area contributed by atoms with Gasteiger partial charge in [0.15, 0.2) is 0 Å². The molecule has 0 saturated carbocycles. The van der Waals surface area contributed by atoms with Gasteiger partial charge in [-0.1, -0.05) is 55.3 Å². The number of alkyl carbamates (subject to hydrolysis) is 1. The Hall–Kier alpha value is -2.59. The Morgan fingerprint density at radius 1 is 0.833 bits per heavy atom. The molecule has 2 N–H and O–H groups in total. The standard InChI is InChI=1S/C26H34N2O2/c1-26(2,3)30-25(29)28-16-9-5-4-8-15-27-19-23-14-10-13-22-17-20-11-6-7-12-21(20)18-24(22)23/h6-7,10-14,17-18,27H,4-5,8-9,15-16,19H2,1-3H3,(H,28,29). The number of unbranched alkanes of at least 4 members (excludes halogenated alkanes) is 3. The minimum Gasteiger partial charge on any atom is -0.444 e. The van der Waals surface area contributed by atoms with Crippen LogP contribution in [-0.2, 0) is 11.3 Å². The van der Waals surface area contributed by atoms with Gasteiger partial charge in [0.1, 0.15) is 5.60 Å². The van der Waals surface area contributed by atoms with E-state index in [2.05, 4.69) is 65.2 Å². The number of ether oxygens (including phenoxy) is 1. The molecular formula is C26H34N2O2. The first-order valence-corrected chi connectivity index (χ1v) is 11.0. The highest BCUT2D eigenvalue weighted by molar-refractivity contribution is 5.99. The molecule has 3 aromatic carbocycles.